The molecule has 1 aromatic carbocycles. The van der Waals surface area contributed by atoms with Crippen molar-refractivity contribution in [2.75, 3.05) is 6.54 Å². The second-order valence-corrected chi connectivity index (χ2v) is 4.10. The van der Waals surface area contributed by atoms with Crippen LogP contribution in [-0.4, -0.2) is 11.5 Å². The van der Waals surface area contributed by atoms with Crippen LogP contribution < -0.4 is 5.32 Å². The van der Waals surface area contributed by atoms with Crippen LogP contribution in [0.15, 0.2) is 36.5 Å². The Morgan fingerprint density at radius 3 is 2.88 bits per heavy atom. The van der Waals surface area contributed by atoms with E-state index in [1.807, 2.05) is 24.4 Å². The quantitative estimate of drug-likeness (QED) is 0.833. The van der Waals surface area contributed by atoms with Gasteiger partial charge < -0.3 is 10.3 Å². The Balaban J connectivity index is 2.37. The zero-order valence-electron chi connectivity index (χ0n) is 9.26. The molecule has 2 N–H and O–H groups in total. The average Bonchev–Trinajstić information content (AvgIpc) is 2.80. The lowest BCUT2D eigenvalue weighted by molar-refractivity contribution is 0.728. The molecule has 0 aliphatic rings. The number of rotatable bonds is 4. The molecule has 0 radical (unpaired) electrons. The van der Waals surface area contributed by atoms with Gasteiger partial charge in [-0.05, 0) is 36.4 Å². The number of aromatic nitrogens is 1. The molecule has 2 aromatic rings. The first-order chi connectivity index (χ1) is 7.81. The van der Waals surface area contributed by atoms with Gasteiger partial charge in [-0.2, -0.15) is 0 Å². The first-order valence-electron chi connectivity index (χ1n) is 5.44. The van der Waals surface area contributed by atoms with Gasteiger partial charge in [0, 0.05) is 29.0 Å². The fourth-order valence-corrected chi connectivity index (χ4v) is 1.88. The van der Waals surface area contributed by atoms with Crippen LogP contribution in [0.4, 0.5) is 0 Å². The van der Waals surface area contributed by atoms with Gasteiger partial charge in [0.05, 0.1) is 0 Å². The number of hydrogen-bond donors (Lipinski definition) is 2. The molecule has 1 aromatic heterocycles. The molecular weight excluding hydrogens is 220 g/mol. The Labute approximate surface area is 101 Å². The molecule has 0 spiro atoms. The molecule has 3 heteroatoms. The van der Waals surface area contributed by atoms with Gasteiger partial charge in [-0.1, -0.05) is 24.6 Å². The van der Waals surface area contributed by atoms with Crippen LogP contribution in [0, 0.1) is 0 Å². The minimum atomic E-state index is 0.768. The maximum absolute atomic E-state index is 6.03. The van der Waals surface area contributed by atoms with E-state index in [2.05, 4.69) is 29.4 Å². The molecule has 0 unspecified atom stereocenters. The smallest absolute Gasteiger partial charge is 0.0457 e. The molecule has 0 aliphatic heterocycles. The summed E-state index contributed by atoms with van der Waals surface area (Å²) < 4.78 is 0. The summed E-state index contributed by atoms with van der Waals surface area (Å²) in [6, 6.07) is 10.1. The summed E-state index contributed by atoms with van der Waals surface area (Å²) in [5, 5.41) is 4.10. The summed E-state index contributed by atoms with van der Waals surface area (Å²) >= 11 is 6.03. The van der Waals surface area contributed by atoms with E-state index in [9.17, 15) is 0 Å². The summed E-state index contributed by atoms with van der Waals surface area (Å²) in [6.07, 6.45) is 1.92. The summed E-state index contributed by atoms with van der Waals surface area (Å²) in [5.41, 5.74) is 3.53. The predicted octanol–water partition coefficient (Wildman–Crippen LogP) is 3.44. The van der Waals surface area contributed by atoms with E-state index in [0.717, 1.165) is 23.8 Å². The largest absolute Gasteiger partial charge is 0.361 e. The Morgan fingerprint density at radius 1 is 1.31 bits per heavy atom. The highest BCUT2D eigenvalue weighted by Crippen LogP contribution is 2.25. The van der Waals surface area contributed by atoms with Gasteiger partial charge in [-0.25, -0.2) is 0 Å². The standard InChI is InChI=1S/C13H15ClN2/c1-2-15-9-10-5-6-11(14)8-12(10)13-4-3-7-16-13/h3-8,15-16H,2,9H2,1H3. The van der Waals surface area contributed by atoms with Crippen molar-refractivity contribution in [1.82, 2.24) is 10.3 Å². The summed E-state index contributed by atoms with van der Waals surface area (Å²) in [4.78, 5) is 3.21. The number of aromatic amines is 1. The van der Waals surface area contributed by atoms with Gasteiger partial charge in [0.1, 0.15) is 0 Å². The molecule has 16 heavy (non-hydrogen) atoms. The van der Waals surface area contributed by atoms with Gasteiger partial charge in [-0.15, -0.1) is 0 Å². The topological polar surface area (TPSA) is 27.8 Å². The average molecular weight is 235 g/mol. The van der Waals surface area contributed by atoms with Crippen LogP contribution in [0.5, 0.6) is 0 Å². The molecule has 0 bridgehead atoms. The van der Waals surface area contributed by atoms with Gasteiger partial charge in [0.25, 0.3) is 0 Å². The van der Waals surface area contributed by atoms with Crippen molar-refractivity contribution in [2.45, 2.75) is 13.5 Å². The van der Waals surface area contributed by atoms with E-state index in [1.165, 1.54) is 11.1 Å². The molecule has 0 saturated carbocycles. The third-order valence-electron chi connectivity index (χ3n) is 2.53. The van der Waals surface area contributed by atoms with Crippen LogP contribution in [0.1, 0.15) is 12.5 Å². The lowest BCUT2D eigenvalue weighted by Gasteiger charge is -2.09. The number of benzene rings is 1. The fraction of sp³-hybridized carbons (Fsp3) is 0.231. The lowest BCUT2D eigenvalue weighted by atomic mass is 10.0. The van der Waals surface area contributed by atoms with Crippen LogP contribution in [-0.2, 0) is 6.54 Å². The summed E-state index contributed by atoms with van der Waals surface area (Å²) in [5.74, 6) is 0. The Kier molecular flexibility index (Phi) is 3.65. The zero-order valence-corrected chi connectivity index (χ0v) is 10.0. The van der Waals surface area contributed by atoms with Crippen LogP contribution in [0.2, 0.25) is 5.02 Å². The monoisotopic (exact) mass is 234 g/mol. The van der Waals surface area contributed by atoms with E-state index in [4.69, 9.17) is 11.6 Å². The summed E-state index contributed by atoms with van der Waals surface area (Å²) in [7, 11) is 0. The van der Waals surface area contributed by atoms with Crippen molar-refractivity contribution in [3.8, 4) is 11.3 Å². The number of H-pyrrole nitrogens is 1. The molecule has 0 fully saturated rings. The third kappa shape index (κ3) is 2.46. The summed E-state index contributed by atoms with van der Waals surface area (Å²) in [6.45, 7) is 3.93. The normalized spacial score (nSPS) is 10.6. The van der Waals surface area contributed by atoms with Gasteiger partial charge in [0.15, 0.2) is 0 Å². The van der Waals surface area contributed by atoms with Crippen molar-refractivity contribution >= 4 is 11.6 Å². The second kappa shape index (κ2) is 5.19. The molecule has 2 nitrogen and oxygen atoms in total. The SMILES string of the molecule is CCNCc1ccc(Cl)cc1-c1ccc[nH]1. The highest BCUT2D eigenvalue weighted by molar-refractivity contribution is 6.30. The minimum Gasteiger partial charge on any atom is -0.361 e. The maximum atomic E-state index is 6.03. The predicted molar refractivity (Wildman–Crippen MR) is 68.6 cm³/mol. The molecule has 0 atom stereocenters. The number of nitrogens with one attached hydrogen (secondary N) is 2. The Morgan fingerprint density at radius 2 is 2.19 bits per heavy atom. The first kappa shape index (κ1) is 11.2. The van der Waals surface area contributed by atoms with Crippen molar-refractivity contribution in [1.29, 1.82) is 0 Å². The molecule has 1 heterocycles. The third-order valence-corrected chi connectivity index (χ3v) is 2.76. The van der Waals surface area contributed by atoms with Gasteiger partial charge >= 0.3 is 0 Å². The Hall–Kier alpha value is -1.25. The van der Waals surface area contributed by atoms with E-state index >= 15 is 0 Å². The van der Waals surface area contributed by atoms with Crippen LogP contribution >= 0.6 is 11.6 Å². The van der Waals surface area contributed by atoms with Crippen molar-refractivity contribution < 1.29 is 0 Å². The second-order valence-electron chi connectivity index (χ2n) is 3.67. The molecule has 0 aliphatic carbocycles. The molecule has 2 rings (SSSR count). The molecule has 84 valence electrons. The Bertz CT molecular complexity index is 449. The van der Waals surface area contributed by atoms with E-state index in [0.29, 0.717) is 0 Å². The van der Waals surface area contributed by atoms with Gasteiger partial charge in [0.2, 0.25) is 0 Å². The fourth-order valence-electron chi connectivity index (χ4n) is 1.71. The number of hydrogen-bond acceptors (Lipinski definition) is 1. The highest BCUT2D eigenvalue weighted by Gasteiger charge is 2.06. The van der Waals surface area contributed by atoms with Crippen molar-refractivity contribution in [3.63, 3.8) is 0 Å². The zero-order chi connectivity index (χ0) is 11.4. The van der Waals surface area contributed by atoms with Gasteiger partial charge in [-0.3, -0.25) is 0 Å². The van der Waals surface area contributed by atoms with E-state index in [-0.39, 0.29) is 0 Å². The first-order valence-corrected chi connectivity index (χ1v) is 5.82. The minimum absolute atomic E-state index is 0.768. The van der Waals surface area contributed by atoms with E-state index in [1.54, 1.807) is 0 Å². The molecule has 0 amide bonds. The molecule has 0 saturated heterocycles. The van der Waals surface area contributed by atoms with Crippen molar-refractivity contribution in [2.24, 2.45) is 0 Å². The van der Waals surface area contributed by atoms with Crippen molar-refractivity contribution in [3.05, 3.63) is 47.1 Å². The number of halogens is 1. The maximum Gasteiger partial charge on any atom is 0.0457 e. The van der Waals surface area contributed by atoms with E-state index < -0.39 is 0 Å². The van der Waals surface area contributed by atoms with Crippen LogP contribution in [0.3, 0.4) is 0 Å². The lowest BCUT2D eigenvalue weighted by Crippen LogP contribution is -2.12. The molecular formula is C13H15ClN2. The van der Waals surface area contributed by atoms with Crippen LogP contribution in [0.25, 0.3) is 11.3 Å². The highest BCUT2D eigenvalue weighted by atomic mass is 35.5.